The first-order valence-corrected chi connectivity index (χ1v) is 7.18. The zero-order valence-corrected chi connectivity index (χ0v) is 13.0. The van der Waals surface area contributed by atoms with Gasteiger partial charge in [-0.1, -0.05) is 17.7 Å². The summed E-state index contributed by atoms with van der Waals surface area (Å²) in [5, 5.41) is 0.599. The number of hydrogen-bond acceptors (Lipinski definition) is 3. The highest BCUT2D eigenvalue weighted by atomic mass is 79.9. The molecule has 0 aliphatic rings. The second kappa shape index (κ2) is 5.42. The molecule has 0 bridgehead atoms. The number of aromatic amines is 1. The first-order chi connectivity index (χ1) is 9.61. The summed E-state index contributed by atoms with van der Waals surface area (Å²) in [5.41, 5.74) is 2.63. The molecule has 0 atom stereocenters. The van der Waals surface area contributed by atoms with E-state index in [4.69, 9.17) is 16.3 Å². The smallest absolute Gasteiger partial charge is 0.177 e. The van der Waals surface area contributed by atoms with Crippen LogP contribution in [-0.2, 0) is 6.61 Å². The number of imidazole rings is 1. The number of benzene rings is 1. The Hall–Kier alpha value is -1.59. The number of hydrogen-bond donors (Lipinski definition) is 1. The highest BCUT2D eigenvalue weighted by Gasteiger charge is 2.07. The third-order valence-corrected chi connectivity index (χ3v) is 3.53. The van der Waals surface area contributed by atoms with E-state index in [0.717, 1.165) is 15.6 Å². The molecule has 0 saturated heterocycles. The summed E-state index contributed by atoms with van der Waals surface area (Å²) in [6.07, 6.45) is 1.71. The molecule has 0 spiro atoms. The second-order valence-corrected chi connectivity index (χ2v) is 5.75. The highest BCUT2D eigenvalue weighted by Crippen LogP contribution is 2.26. The van der Waals surface area contributed by atoms with Gasteiger partial charge in [0, 0.05) is 10.7 Å². The molecule has 3 aromatic rings. The molecule has 0 unspecified atom stereocenters. The van der Waals surface area contributed by atoms with Gasteiger partial charge in [0.05, 0.1) is 10.5 Å². The molecule has 1 aromatic carbocycles. The second-order valence-electron chi connectivity index (χ2n) is 4.43. The van der Waals surface area contributed by atoms with Crippen molar-refractivity contribution >= 4 is 38.7 Å². The predicted octanol–water partition coefficient (Wildman–Crippen LogP) is 4.26. The van der Waals surface area contributed by atoms with E-state index in [1.54, 1.807) is 6.20 Å². The molecule has 6 heteroatoms. The molecule has 102 valence electrons. The minimum atomic E-state index is 0.316. The first-order valence-electron chi connectivity index (χ1n) is 6.01. The lowest BCUT2D eigenvalue weighted by molar-refractivity contribution is 0.297. The predicted molar refractivity (Wildman–Crippen MR) is 82.1 cm³/mol. The van der Waals surface area contributed by atoms with Gasteiger partial charge in [-0.25, -0.2) is 9.97 Å². The third kappa shape index (κ3) is 2.78. The molecule has 0 fully saturated rings. The van der Waals surface area contributed by atoms with Crippen molar-refractivity contribution in [2.45, 2.75) is 13.5 Å². The summed E-state index contributed by atoms with van der Waals surface area (Å²) >= 11 is 9.50. The van der Waals surface area contributed by atoms with Gasteiger partial charge in [-0.2, -0.15) is 0 Å². The molecule has 0 saturated carbocycles. The quantitative estimate of drug-likeness (QED) is 0.766. The van der Waals surface area contributed by atoms with Crippen LogP contribution in [0.25, 0.3) is 11.2 Å². The fraction of sp³-hybridized carbons (Fsp3) is 0.143. The van der Waals surface area contributed by atoms with E-state index in [2.05, 4.69) is 30.9 Å². The molecule has 3 rings (SSSR count). The Bertz CT molecular complexity index is 772. The van der Waals surface area contributed by atoms with Crippen LogP contribution in [0.1, 0.15) is 11.4 Å². The maximum atomic E-state index is 6.12. The summed E-state index contributed by atoms with van der Waals surface area (Å²) < 4.78 is 6.58. The Morgan fingerprint density at radius 3 is 3.00 bits per heavy atom. The van der Waals surface area contributed by atoms with Crippen LogP contribution in [0.2, 0.25) is 5.02 Å². The Balaban J connectivity index is 1.79. The van der Waals surface area contributed by atoms with Crippen molar-refractivity contribution in [1.82, 2.24) is 15.0 Å². The van der Waals surface area contributed by atoms with Crippen molar-refractivity contribution in [2.75, 3.05) is 0 Å². The van der Waals surface area contributed by atoms with E-state index in [1.807, 2.05) is 31.2 Å². The number of pyridine rings is 1. The van der Waals surface area contributed by atoms with Crippen LogP contribution in [0.5, 0.6) is 5.75 Å². The summed E-state index contributed by atoms with van der Waals surface area (Å²) in [6, 6.07) is 7.61. The lowest BCUT2D eigenvalue weighted by Crippen LogP contribution is -1.98. The van der Waals surface area contributed by atoms with Crippen molar-refractivity contribution in [3.63, 3.8) is 0 Å². The maximum Gasteiger partial charge on any atom is 0.177 e. The average Bonchev–Trinajstić information content (AvgIpc) is 2.79. The van der Waals surface area contributed by atoms with Crippen LogP contribution < -0.4 is 4.74 Å². The van der Waals surface area contributed by atoms with Crippen molar-refractivity contribution in [3.8, 4) is 5.75 Å². The Morgan fingerprint density at radius 1 is 1.35 bits per heavy atom. The fourth-order valence-electron chi connectivity index (χ4n) is 1.86. The van der Waals surface area contributed by atoms with Crippen LogP contribution >= 0.6 is 27.5 Å². The minimum Gasteiger partial charge on any atom is -0.484 e. The summed E-state index contributed by atoms with van der Waals surface area (Å²) in [4.78, 5) is 11.7. The van der Waals surface area contributed by atoms with Crippen molar-refractivity contribution < 1.29 is 4.74 Å². The lowest BCUT2D eigenvalue weighted by atomic mass is 10.2. The van der Waals surface area contributed by atoms with Gasteiger partial charge >= 0.3 is 0 Å². The van der Waals surface area contributed by atoms with E-state index >= 15 is 0 Å². The van der Waals surface area contributed by atoms with Crippen molar-refractivity contribution in [3.05, 3.63) is 51.3 Å². The molecule has 2 aromatic heterocycles. The Labute approximate surface area is 129 Å². The van der Waals surface area contributed by atoms with Gasteiger partial charge in [0.15, 0.2) is 5.65 Å². The van der Waals surface area contributed by atoms with Crippen LogP contribution in [0, 0.1) is 6.92 Å². The number of H-pyrrole nitrogens is 1. The fourth-order valence-corrected chi connectivity index (χ4v) is 2.48. The largest absolute Gasteiger partial charge is 0.484 e. The monoisotopic (exact) mass is 351 g/mol. The average molecular weight is 353 g/mol. The molecular formula is C14H11BrClN3O. The van der Waals surface area contributed by atoms with Gasteiger partial charge in [-0.05, 0) is 46.6 Å². The number of halogens is 2. The molecular weight excluding hydrogens is 342 g/mol. The van der Waals surface area contributed by atoms with E-state index in [-0.39, 0.29) is 0 Å². The van der Waals surface area contributed by atoms with Crippen LogP contribution in [0.3, 0.4) is 0 Å². The van der Waals surface area contributed by atoms with Gasteiger partial charge in [0.25, 0.3) is 0 Å². The van der Waals surface area contributed by atoms with E-state index in [1.165, 1.54) is 0 Å². The van der Waals surface area contributed by atoms with Crippen LogP contribution in [0.15, 0.2) is 34.9 Å². The van der Waals surface area contributed by atoms with Crippen LogP contribution in [0.4, 0.5) is 0 Å². The number of ether oxygens (including phenoxy) is 1. The third-order valence-electron chi connectivity index (χ3n) is 2.80. The van der Waals surface area contributed by atoms with E-state index in [9.17, 15) is 0 Å². The van der Waals surface area contributed by atoms with Crippen molar-refractivity contribution in [1.29, 1.82) is 0 Å². The molecule has 0 radical (unpaired) electrons. The maximum absolute atomic E-state index is 6.12. The normalized spacial score (nSPS) is 10.9. The summed E-state index contributed by atoms with van der Waals surface area (Å²) in [6.45, 7) is 2.30. The summed E-state index contributed by atoms with van der Waals surface area (Å²) in [5.74, 6) is 1.36. The van der Waals surface area contributed by atoms with Gasteiger partial charge in [0.2, 0.25) is 0 Å². The SMILES string of the molecule is Cc1ccc(OCc2nc3ncc(Br)cc3[nH]2)c(Cl)c1. The lowest BCUT2D eigenvalue weighted by Gasteiger charge is -2.06. The molecule has 2 heterocycles. The number of aryl methyl sites for hydroxylation is 1. The van der Waals surface area contributed by atoms with E-state index < -0.39 is 0 Å². The Morgan fingerprint density at radius 2 is 2.20 bits per heavy atom. The topological polar surface area (TPSA) is 50.8 Å². The van der Waals surface area contributed by atoms with Gasteiger partial charge in [-0.15, -0.1) is 0 Å². The number of rotatable bonds is 3. The van der Waals surface area contributed by atoms with Crippen LogP contribution in [-0.4, -0.2) is 15.0 Å². The number of nitrogens with zero attached hydrogens (tertiary/aromatic N) is 2. The van der Waals surface area contributed by atoms with Gasteiger partial charge in [-0.3, -0.25) is 0 Å². The zero-order valence-electron chi connectivity index (χ0n) is 10.7. The molecule has 0 amide bonds. The van der Waals surface area contributed by atoms with Gasteiger partial charge in [0.1, 0.15) is 18.2 Å². The standard InChI is InChI=1S/C14H11BrClN3O/c1-8-2-3-12(10(16)4-8)20-7-13-18-11-5-9(15)6-17-14(11)19-13/h2-6H,7H2,1H3,(H,17,18,19). The zero-order chi connectivity index (χ0) is 14.1. The molecule has 4 nitrogen and oxygen atoms in total. The number of fused-ring (bicyclic) bond motifs is 1. The molecule has 0 aliphatic carbocycles. The number of nitrogens with one attached hydrogen (secondary N) is 1. The molecule has 1 N–H and O–H groups in total. The molecule has 0 aliphatic heterocycles. The molecule has 20 heavy (non-hydrogen) atoms. The van der Waals surface area contributed by atoms with E-state index in [0.29, 0.717) is 28.9 Å². The Kier molecular flexibility index (Phi) is 3.63. The van der Waals surface area contributed by atoms with Gasteiger partial charge < -0.3 is 9.72 Å². The van der Waals surface area contributed by atoms with Crippen molar-refractivity contribution in [2.24, 2.45) is 0 Å². The summed E-state index contributed by atoms with van der Waals surface area (Å²) in [7, 11) is 0. The highest BCUT2D eigenvalue weighted by molar-refractivity contribution is 9.10. The first kappa shape index (κ1) is 13.4. The minimum absolute atomic E-state index is 0.316. The number of aromatic nitrogens is 3.